The minimum absolute atomic E-state index is 0.0760. The Morgan fingerprint density at radius 3 is 2.71 bits per heavy atom. The highest BCUT2D eigenvalue weighted by Gasteiger charge is 2.19. The molecule has 24 heavy (non-hydrogen) atoms. The van der Waals surface area contributed by atoms with Crippen LogP contribution in [-0.2, 0) is 6.54 Å². The van der Waals surface area contributed by atoms with Gasteiger partial charge >= 0.3 is 0 Å². The molecule has 0 saturated heterocycles. The molecule has 1 aromatic heterocycles. The Morgan fingerprint density at radius 1 is 1.29 bits per heavy atom. The summed E-state index contributed by atoms with van der Waals surface area (Å²) in [6.45, 7) is 9.90. The smallest absolute Gasteiger partial charge is 0.145 e. The van der Waals surface area contributed by atoms with Crippen molar-refractivity contribution < 1.29 is 9.84 Å². The first-order valence-corrected chi connectivity index (χ1v) is 8.42. The normalized spacial score (nSPS) is 12.9. The van der Waals surface area contributed by atoms with Gasteiger partial charge in [0.05, 0.1) is 12.3 Å². The van der Waals surface area contributed by atoms with Crippen LogP contribution in [0, 0.1) is 12.3 Å². The van der Waals surface area contributed by atoms with Crippen molar-refractivity contribution in [2.45, 2.75) is 46.8 Å². The summed E-state index contributed by atoms with van der Waals surface area (Å²) >= 11 is 0. The number of pyridine rings is 1. The monoisotopic (exact) mass is 328 g/mol. The summed E-state index contributed by atoms with van der Waals surface area (Å²) in [4.78, 5) is 4.06. The van der Waals surface area contributed by atoms with E-state index in [0.717, 1.165) is 36.6 Å². The number of aryl methyl sites for hydroxylation is 1. The van der Waals surface area contributed by atoms with Crippen molar-refractivity contribution in [3.63, 3.8) is 0 Å². The summed E-state index contributed by atoms with van der Waals surface area (Å²) in [7, 11) is 0. The summed E-state index contributed by atoms with van der Waals surface area (Å²) in [5.74, 6) is 1.59. The minimum atomic E-state index is -0.270. The SMILES string of the molecule is Cc1cc(CNCC(C)(C)CC(C)O)ccc1Oc1cccnc1. The second-order valence-electron chi connectivity index (χ2n) is 7.21. The zero-order valence-electron chi connectivity index (χ0n) is 15.0. The van der Waals surface area contributed by atoms with E-state index in [-0.39, 0.29) is 11.5 Å². The number of hydrogen-bond donors (Lipinski definition) is 2. The number of ether oxygens (including phenoxy) is 1. The summed E-state index contributed by atoms with van der Waals surface area (Å²) in [5.41, 5.74) is 2.40. The predicted octanol–water partition coefficient (Wildman–Crippen LogP) is 4.07. The van der Waals surface area contributed by atoms with Gasteiger partial charge in [-0.1, -0.05) is 26.0 Å². The third kappa shape index (κ3) is 5.95. The zero-order chi connectivity index (χ0) is 17.6. The Kier molecular flexibility index (Phi) is 6.35. The molecule has 0 radical (unpaired) electrons. The van der Waals surface area contributed by atoms with Crippen LogP contribution >= 0.6 is 0 Å². The van der Waals surface area contributed by atoms with Crippen LogP contribution in [0.3, 0.4) is 0 Å². The van der Waals surface area contributed by atoms with Crippen molar-refractivity contribution >= 4 is 0 Å². The van der Waals surface area contributed by atoms with Crippen LogP contribution in [-0.4, -0.2) is 22.7 Å². The van der Waals surface area contributed by atoms with E-state index in [9.17, 15) is 5.11 Å². The summed E-state index contributed by atoms with van der Waals surface area (Å²) in [5, 5.41) is 13.0. The Labute approximate surface area is 144 Å². The number of benzene rings is 1. The molecule has 0 aliphatic rings. The van der Waals surface area contributed by atoms with E-state index >= 15 is 0 Å². The number of aromatic nitrogens is 1. The molecule has 4 heteroatoms. The van der Waals surface area contributed by atoms with E-state index in [4.69, 9.17) is 4.74 Å². The lowest BCUT2D eigenvalue weighted by Gasteiger charge is -2.26. The molecule has 130 valence electrons. The highest BCUT2D eigenvalue weighted by Crippen LogP contribution is 2.25. The van der Waals surface area contributed by atoms with E-state index < -0.39 is 0 Å². The van der Waals surface area contributed by atoms with E-state index in [0.29, 0.717) is 0 Å². The highest BCUT2D eigenvalue weighted by molar-refractivity contribution is 5.39. The largest absolute Gasteiger partial charge is 0.455 e. The number of rotatable bonds is 8. The molecule has 2 rings (SSSR count). The molecule has 0 saturated carbocycles. The number of aliphatic hydroxyl groups excluding tert-OH is 1. The van der Waals surface area contributed by atoms with Gasteiger partial charge in [-0.15, -0.1) is 0 Å². The van der Waals surface area contributed by atoms with Gasteiger partial charge in [0.2, 0.25) is 0 Å². The average molecular weight is 328 g/mol. The molecule has 1 unspecified atom stereocenters. The van der Waals surface area contributed by atoms with E-state index in [1.165, 1.54) is 5.56 Å². The second kappa shape index (κ2) is 8.27. The number of nitrogens with zero attached hydrogens (tertiary/aromatic N) is 1. The van der Waals surface area contributed by atoms with Crippen molar-refractivity contribution in [3.05, 3.63) is 53.9 Å². The van der Waals surface area contributed by atoms with Gasteiger partial charge < -0.3 is 15.2 Å². The van der Waals surface area contributed by atoms with Gasteiger partial charge in [0.25, 0.3) is 0 Å². The Balaban J connectivity index is 1.90. The van der Waals surface area contributed by atoms with Crippen LogP contribution in [0.2, 0.25) is 0 Å². The van der Waals surface area contributed by atoms with Crippen molar-refractivity contribution in [1.82, 2.24) is 10.3 Å². The van der Waals surface area contributed by atoms with Gasteiger partial charge in [0.15, 0.2) is 0 Å². The minimum Gasteiger partial charge on any atom is -0.455 e. The third-order valence-electron chi connectivity index (χ3n) is 3.88. The summed E-state index contributed by atoms with van der Waals surface area (Å²) in [6, 6.07) is 9.97. The number of hydrogen-bond acceptors (Lipinski definition) is 4. The molecule has 1 aromatic carbocycles. The topological polar surface area (TPSA) is 54.4 Å². The van der Waals surface area contributed by atoms with Gasteiger partial charge in [-0.2, -0.15) is 0 Å². The maximum atomic E-state index is 9.55. The van der Waals surface area contributed by atoms with E-state index in [2.05, 4.69) is 36.3 Å². The molecule has 0 fully saturated rings. The first-order valence-electron chi connectivity index (χ1n) is 8.42. The molecule has 2 N–H and O–H groups in total. The molecule has 2 aromatic rings. The fourth-order valence-electron chi connectivity index (χ4n) is 2.89. The molecule has 4 nitrogen and oxygen atoms in total. The quantitative estimate of drug-likeness (QED) is 0.767. The lowest BCUT2D eigenvalue weighted by molar-refractivity contribution is 0.128. The van der Waals surface area contributed by atoms with Crippen LogP contribution < -0.4 is 10.1 Å². The van der Waals surface area contributed by atoms with Crippen LogP contribution in [0.5, 0.6) is 11.5 Å². The molecular formula is C20H28N2O2. The van der Waals surface area contributed by atoms with Gasteiger partial charge in [0, 0.05) is 19.3 Å². The first-order chi connectivity index (χ1) is 11.4. The van der Waals surface area contributed by atoms with Crippen molar-refractivity contribution in [2.75, 3.05) is 6.54 Å². The average Bonchev–Trinajstić information content (AvgIpc) is 2.49. The molecule has 0 spiro atoms. The standard InChI is InChI=1S/C20H28N2O2/c1-15-10-17(12-22-14-20(3,4)11-16(2)23)7-8-19(15)24-18-6-5-9-21-13-18/h5-10,13,16,22-23H,11-12,14H2,1-4H3. The second-order valence-corrected chi connectivity index (χ2v) is 7.21. The maximum absolute atomic E-state index is 9.55. The van der Waals surface area contributed by atoms with Crippen LogP contribution in [0.1, 0.15) is 38.3 Å². The summed E-state index contributed by atoms with van der Waals surface area (Å²) in [6.07, 6.45) is 3.96. The Hall–Kier alpha value is -1.91. The van der Waals surface area contributed by atoms with Gasteiger partial charge in [-0.05, 0) is 55.0 Å². The molecule has 0 aliphatic carbocycles. The molecule has 1 atom stereocenters. The predicted molar refractivity (Wildman–Crippen MR) is 97.3 cm³/mol. The molecule has 0 aliphatic heterocycles. The van der Waals surface area contributed by atoms with Crippen molar-refractivity contribution in [1.29, 1.82) is 0 Å². The highest BCUT2D eigenvalue weighted by atomic mass is 16.5. The third-order valence-corrected chi connectivity index (χ3v) is 3.88. The Morgan fingerprint density at radius 2 is 2.08 bits per heavy atom. The zero-order valence-corrected chi connectivity index (χ0v) is 15.0. The number of nitrogens with one attached hydrogen (secondary N) is 1. The summed E-state index contributed by atoms with van der Waals surface area (Å²) < 4.78 is 5.86. The maximum Gasteiger partial charge on any atom is 0.145 e. The van der Waals surface area contributed by atoms with Gasteiger partial charge in [-0.3, -0.25) is 4.98 Å². The molecule has 1 heterocycles. The Bertz CT molecular complexity index is 639. The lowest BCUT2D eigenvalue weighted by atomic mass is 9.87. The van der Waals surface area contributed by atoms with Crippen molar-refractivity contribution in [2.24, 2.45) is 5.41 Å². The van der Waals surface area contributed by atoms with Crippen LogP contribution in [0.4, 0.5) is 0 Å². The molecule has 0 amide bonds. The van der Waals surface area contributed by atoms with Crippen LogP contribution in [0.25, 0.3) is 0 Å². The molecule has 0 bridgehead atoms. The van der Waals surface area contributed by atoms with Gasteiger partial charge in [0.1, 0.15) is 11.5 Å². The van der Waals surface area contributed by atoms with E-state index in [1.807, 2.05) is 32.0 Å². The molecular weight excluding hydrogens is 300 g/mol. The first kappa shape index (κ1) is 18.4. The van der Waals surface area contributed by atoms with Gasteiger partial charge in [-0.25, -0.2) is 0 Å². The van der Waals surface area contributed by atoms with Crippen LogP contribution in [0.15, 0.2) is 42.7 Å². The van der Waals surface area contributed by atoms with Crippen molar-refractivity contribution in [3.8, 4) is 11.5 Å². The fourth-order valence-corrected chi connectivity index (χ4v) is 2.89. The fraction of sp³-hybridized carbons (Fsp3) is 0.450. The lowest BCUT2D eigenvalue weighted by Crippen LogP contribution is -2.31. The number of aliphatic hydroxyl groups is 1. The van der Waals surface area contributed by atoms with E-state index in [1.54, 1.807) is 12.4 Å².